The van der Waals surface area contributed by atoms with E-state index < -0.39 is 22.0 Å². The first kappa shape index (κ1) is 37.9. The average Bonchev–Trinajstić information content (AvgIpc) is 3.69. The third-order valence-electron chi connectivity index (χ3n) is 8.66. The molecule has 0 aromatic heterocycles. The molecule has 4 rings (SSSR count). The summed E-state index contributed by atoms with van der Waals surface area (Å²) in [7, 11) is -0.961. The summed E-state index contributed by atoms with van der Waals surface area (Å²) >= 11 is 0. The SMILES string of the molecule is C1CCOC1.C1CCOC1.CC(C)[PH+](C[B-](C[PH+](C(C)C)C(C)C)(c1ccccc1)c1ccccc1)C(C)C.[Li+]. The summed E-state index contributed by atoms with van der Waals surface area (Å²) < 4.78 is 9.89. The van der Waals surface area contributed by atoms with Crippen LogP contribution >= 0.6 is 15.8 Å². The van der Waals surface area contributed by atoms with E-state index >= 15 is 0 Å². The summed E-state index contributed by atoms with van der Waals surface area (Å²) in [6.07, 6.45) is 4.37. The van der Waals surface area contributed by atoms with E-state index in [4.69, 9.17) is 9.47 Å². The van der Waals surface area contributed by atoms with Gasteiger partial charge in [0.15, 0.2) is 0 Å². The molecule has 2 aromatic carbocycles. The first-order valence-electron chi connectivity index (χ1n) is 15.9. The van der Waals surface area contributed by atoms with Gasteiger partial charge in [-0.2, -0.15) is 10.9 Å². The molecule has 0 atom stereocenters. The van der Waals surface area contributed by atoms with Gasteiger partial charge in [-0.1, -0.05) is 72.8 Å². The van der Waals surface area contributed by atoms with E-state index in [1.54, 1.807) is 10.9 Å². The van der Waals surface area contributed by atoms with Crippen LogP contribution in [0.1, 0.15) is 81.1 Å². The second-order valence-corrected chi connectivity index (χ2v) is 20.6. The van der Waals surface area contributed by atoms with Gasteiger partial charge in [0.1, 0.15) is 6.15 Å². The minimum Gasteiger partial charge on any atom is -0.381 e. The van der Waals surface area contributed by atoms with Crippen molar-refractivity contribution < 1.29 is 28.3 Å². The molecule has 0 N–H and O–H groups in total. The third kappa shape index (κ3) is 12.6. The van der Waals surface area contributed by atoms with E-state index in [1.165, 1.54) is 37.8 Å². The van der Waals surface area contributed by atoms with Crippen molar-refractivity contribution in [3.05, 3.63) is 60.7 Å². The Morgan fingerprint density at radius 1 is 0.525 bits per heavy atom. The van der Waals surface area contributed by atoms with Crippen molar-refractivity contribution in [3.63, 3.8) is 0 Å². The van der Waals surface area contributed by atoms with Gasteiger partial charge in [-0.05, 0) is 96.9 Å². The number of rotatable bonds is 10. The molecule has 2 aromatic rings. The Morgan fingerprint density at radius 3 is 1.00 bits per heavy atom. The van der Waals surface area contributed by atoms with Gasteiger partial charge in [0.2, 0.25) is 0 Å². The maximum atomic E-state index is 4.94. The summed E-state index contributed by atoms with van der Waals surface area (Å²) in [5.41, 5.74) is 6.44. The van der Waals surface area contributed by atoms with Gasteiger partial charge >= 0.3 is 18.9 Å². The smallest absolute Gasteiger partial charge is 0.381 e. The predicted molar refractivity (Wildman–Crippen MR) is 185 cm³/mol. The van der Waals surface area contributed by atoms with Crippen LogP contribution in [0.15, 0.2) is 60.7 Å². The Hall–Kier alpha value is -0.118. The van der Waals surface area contributed by atoms with Crippen molar-refractivity contribution in [3.8, 4) is 0 Å². The van der Waals surface area contributed by atoms with E-state index in [2.05, 4.69) is 116 Å². The molecule has 2 aliphatic heterocycles. The normalized spacial score (nSPS) is 15.3. The Kier molecular flexibility index (Phi) is 19.6. The van der Waals surface area contributed by atoms with E-state index in [9.17, 15) is 0 Å². The number of ether oxygens (including phenoxy) is 2. The molecule has 2 heterocycles. The minimum atomic E-state index is -0.745. The van der Waals surface area contributed by atoms with Crippen LogP contribution in [0.2, 0.25) is 0 Å². The fraction of sp³-hybridized carbons (Fsp3) is 0.647. The molecule has 0 saturated carbocycles. The largest absolute Gasteiger partial charge is 1.00 e. The van der Waals surface area contributed by atoms with Crippen LogP contribution in [0.3, 0.4) is 0 Å². The first-order valence-corrected chi connectivity index (χ1v) is 19.6. The molecule has 2 aliphatic rings. The number of hydrogen-bond acceptors (Lipinski definition) is 2. The molecule has 0 radical (unpaired) electrons. The average molecular weight is 581 g/mol. The molecule has 220 valence electrons. The quantitative estimate of drug-likeness (QED) is 0.292. The van der Waals surface area contributed by atoms with Crippen molar-refractivity contribution in [1.29, 1.82) is 0 Å². The van der Waals surface area contributed by atoms with Gasteiger partial charge in [0, 0.05) is 26.4 Å². The summed E-state index contributed by atoms with van der Waals surface area (Å²) in [6.45, 7) is 23.8. The van der Waals surface area contributed by atoms with E-state index in [0.717, 1.165) is 49.1 Å². The van der Waals surface area contributed by atoms with Gasteiger partial charge in [-0.3, -0.25) is 0 Å². The fourth-order valence-electron chi connectivity index (χ4n) is 6.48. The molecule has 0 amide bonds. The zero-order valence-corrected chi connectivity index (χ0v) is 29.5. The molecule has 0 unspecified atom stereocenters. The van der Waals surface area contributed by atoms with Gasteiger partial charge in [0.25, 0.3) is 0 Å². The second kappa shape index (κ2) is 20.7. The molecule has 6 heteroatoms. The second-order valence-electron chi connectivity index (χ2n) is 12.9. The third-order valence-corrected chi connectivity index (χ3v) is 16.9. The Bertz CT molecular complexity index is 767. The Morgan fingerprint density at radius 2 is 0.800 bits per heavy atom. The van der Waals surface area contributed by atoms with Gasteiger partial charge in [0.05, 0.1) is 22.6 Å². The van der Waals surface area contributed by atoms with Crippen molar-refractivity contribution in [2.45, 2.75) is 104 Å². The fourth-order valence-corrected chi connectivity index (χ4v) is 14.2. The topological polar surface area (TPSA) is 18.5 Å². The van der Waals surface area contributed by atoms with E-state index in [-0.39, 0.29) is 18.9 Å². The van der Waals surface area contributed by atoms with E-state index in [0.29, 0.717) is 0 Å². The monoisotopic (exact) mass is 580 g/mol. The summed E-state index contributed by atoms with van der Waals surface area (Å²) in [5.74, 6) is 0. The van der Waals surface area contributed by atoms with Crippen molar-refractivity contribution in [2.24, 2.45) is 0 Å². The van der Waals surface area contributed by atoms with Crippen LogP contribution in [0.5, 0.6) is 0 Å². The van der Waals surface area contributed by atoms with Crippen LogP contribution < -0.4 is 29.8 Å². The zero-order chi connectivity index (χ0) is 28.7. The molecule has 0 aliphatic carbocycles. The van der Waals surface area contributed by atoms with Crippen LogP contribution in [0, 0.1) is 0 Å². The Labute approximate surface area is 263 Å². The Balaban J connectivity index is 0.000000603. The maximum absolute atomic E-state index is 4.94. The van der Waals surface area contributed by atoms with Gasteiger partial charge in [-0.15, -0.1) is 0 Å². The minimum absolute atomic E-state index is 0. The zero-order valence-electron chi connectivity index (χ0n) is 27.5. The van der Waals surface area contributed by atoms with Crippen LogP contribution in [0.25, 0.3) is 0 Å². The number of hydrogen-bond donors (Lipinski definition) is 0. The molecule has 40 heavy (non-hydrogen) atoms. The van der Waals surface area contributed by atoms with Gasteiger partial charge in [-0.25, -0.2) is 0 Å². The molecular weight excluding hydrogens is 520 g/mol. The molecule has 2 fully saturated rings. The van der Waals surface area contributed by atoms with Crippen molar-refractivity contribution in [1.82, 2.24) is 0 Å². The predicted octanol–water partition coefficient (Wildman–Crippen LogP) is 4.99. The first-order chi connectivity index (χ1) is 18.7. The molecular formula is C34H60BLiO2P2+2. The maximum Gasteiger partial charge on any atom is 1.00 e. The standard InChI is InChI=1S/C26H42BP2.2C4H8O.Li/c1-21(2)28(22(3)4)19-27(25-15-11-9-12-16-25,26-17-13-10-14-18-26)20-29(23(5)6)24(7)8;2*1-2-4-5-3-1;/h9-18,21-24H,19-20H2,1-8H3;2*1-4H2;/q-1;;;+1/p+2. The molecule has 0 spiro atoms. The summed E-state index contributed by atoms with van der Waals surface area (Å²) in [4.78, 5) is 0. The summed E-state index contributed by atoms with van der Waals surface area (Å²) in [6, 6.07) is 26.0. The van der Waals surface area contributed by atoms with Crippen LogP contribution in [0.4, 0.5) is 0 Å². The molecule has 2 saturated heterocycles. The molecule has 2 nitrogen and oxygen atoms in total. The van der Waals surface area contributed by atoms with Crippen LogP contribution in [-0.2, 0) is 9.47 Å². The number of benzene rings is 2. The van der Waals surface area contributed by atoms with Crippen molar-refractivity contribution in [2.75, 3.05) is 38.6 Å². The summed E-state index contributed by atoms with van der Waals surface area (Å²) in [5, 5.41) is 0. The van der Waals surface area contributed by atoms with E-state index in [1.807, 2.05) is 0 Å². The van der Waals surface area contributed by atoms with Gasteiger partial charge < -0.3 is 9.47 Å². The molecule has 0 bridgehead atoms. The van der Waals surface area contributed by atoms with Crippen LogP contribution in [-0.4, -0.2) is 67.3 Å². The van der Waals surface area contributed by atoms with Crippen molar-refractivity contribution >= 4 is 32.9 Å².